The van der Waals surface area contributed by atoms with E-state index in [1.807, 2.05) is 0 Å². The quantitative estimate of drug-likeness (QED) is 0.281. The van der Waals surface area contributed by atoms with E-state index in [1.165, 1.54) is 42.3 Å². The second-order valence-corrected chi connectivity index (χ2v) is 7.24. The van der Waals surface area contributed by atoms with Crippen LogP contribution in [-0.2, 0) is 6.54 Å². The Morgan fingerprint density at radius 3 is 2.56 bits per heavy atom. The molecule has 164 valence electrons. The molecule has 2 aromatic carbocycles. The molecule has 3 rings (SSSR count). The van der Waals surface area contributed by atoms with Gasteiger partial charge < -0.3 is 4.74 Å². The molecule has 0 aliphatic carbocycles. The van der Waals surface area contributed by atoms with Crippen molar-refractivity contribution < 1.29 is 19.4 Å². The Morgan fingerprint density at radius 2 is 1.94 bits per heavy atom. The third-order valence-corrected chi connectivity index (χ3v) is 4.70. The zero-order valence-corrected chi connectivity index (χ0v) is 18.1. The first-order valence-electron chi connectivity index (χ1n) is 8.90. The molecule has 13 heteroatoms. The van der Waals surface area contributed by atoms with Crippen molar-refractivity contribution in [3.05, 3.63) is 90.2 Å². The molecule has 0 fully saturated rings. The number of rotatable bonds is 8. The van der Waals surface area contributed by atoms with E-state index in [0.29, 0.717) is 16.9 Å². The number of nitrogens with one attached hydrogen (secondary N) is 1. The van der Waals surface area contributed by atoms with Crippen molar-refractivity contribution in [3.63, 3.8) is 0 Å². The van der Waals surface area contributed by atoms with Crippen molar-refractivity contribution in [3.8, 4) is 5.75 Å². The van der Waals surface area contributed by atoms with E-state index in [4.69, 9.17) is 4.74 Å². The molecule has 0 unspecified atom stereocenters. The SMILES string of the molecule is COc1ccc(Br)cc1/C=N\NC(=O)c1nn(Cc2ccc([N+](=O)[O-])cc2)cc1[N+](=O)[O-]. The summed E-state index contributed by atoms with van der Waals surface area (Å²) >= 11 is 3.32. The van der Waals surface area contributed by atoms with Gasteiger partial charge in [0.15, 0.2) is 0 Å². The molecule has 0 bridgehead atoms. The number of nitro benzene ring substituents is 1. The minimum atomic E-state index is -0.871. The average molecular weight is 503 g/mol. The molecule has 32 heavy (non-hydrogen) atoms. The molecule has 1 N–H and O–H groups in total. The van der Waals surface area contributed by atoms with Crippen LogP contribution in [0, 0.1) is 20.2 Å². The molecule has 1 heterocycles. The lowest BCUT2D eigenvalue weighted by atomic mass is 10.2. The third-order valence-electron chi connectivity index (χ3n) is 4.21. The summed E-state index contributed by atoms with van der Waals surface area (Å²) in [4.78, 5) is 33.3. The fourth-order valence-corrected chi connectivity index (χ4v) is 3.10. The van der Waals surface area contributed by atoms with Crippen LogP contribution in [0.1, 0.15) is 21.6 Å². The van der Waals surface area contributed by atoms with Crippen LogP contribution in [0.4, 0.5) is 11.4 Å². The van der Waals surface area contributed by atoms with Crippen LogP contribution in [0.5, 0.6) is 5.75 Å². The third kappa shape index (κ3) is 5.31. The molecule has 1 amide bonds. The summed E-state index contributed by atoms with van der Waals surface area (Å²) in [5.74, 6) is -0.353. The summed E-state index contributed by atoms with van der Waals surface area (Å²) in [7, 11) is 1.49. The molecule has 3 aromatic rings. The molecule has 0 aliphatic rings. The summed E-state index contributed by atoms with van der Waals surface area (Å²) in [5.41, 5.74) is 2.39. The normalized spacial score (nSPS) is 10.8. The number of halogens is 1. The van der Waals surface area contributed by atoms with Gasteiger partial charge in [0.2, 0.25) is 5.69 Å². The number of benzene rings is 2. The van der Waals surface area contributed by atoms with Crippen LogP contribution in [-0.4, -0.2) is 38.9 Å². The second kappa shape index (κ2) is 9.78. The highest BCUT2D eigenvalue weighted by Crippen LogP contribution is 2.22. The maximum atomic E-state index is 12.4. The van der Waals surface area contributed by atoms with Gasteiger partial charge in [-0.05, 0) is 23.8 Å². The van der Waals surface area contributed by atoms with Gasteiger partial charge in [0.25, 0.3) is 11.6 Å². The summed E-state index contributed by atoms with van der Waals surface area (Å²) < 4.78 is 7.18. The van der Waals surface area contributed by atoms with Crippen LogP contribution in [0.3, 0.4) is 0 Å². The summed E-state index contributed by atoms with van der Waals surface area (Å²) in [6.45, 7) is 0.0740. The van der Waals surface area contributed by atoms with Gasteiger partial charge in [0.1, 0.15) is 11.9 Å². The van der Waals surface area contributed by atoms with Crippen molar-refractivity contribution in [2.45, 2.75) is 6.54 Å². The van der Waals surface area contributed by atoms with Crippen molar-refractivity contribution in [1.29, 1.82) is 0 Å². The Kier molecular flexibility index (Phi) is 6.90. The molecule has 0 saturated carbocycles. The number of carbonyl (C=O) groups excluding carboxylic acids is 1. The minimum absolute atomic E-state index is 0.0740. The average Bonchev–Trinajstić information content (AvgIpc) is 3.18. The fourth-order valence-electron chi connectivity index (χ4n) is 2.72. The van der Waals surface area contributed by atoms with Gasteiger partial charge in [0, 0.05) is 22.2 Å². The molecule has 0 saturated heterocycles. The largest absolute Gasteiger partial charge is 0.496 e. The number of carbonyl (C=O) groups is 1. The van der Waals surface area contributed by atoms with Gasteiger partial charge in [-0.1, -0.05) is 28.1 Å². The van der Waals surface area contributed by atoms with E-state index in [9.17, 15) is 25.0 Å². The second-order valence-electron chi connectivity index (χ2n) is 6.33. The van der Waals surface area contributed by atoms with Crippen molar-refractivity contribution in [2.24, 2.45) is 5.10 Å². The lowest BCUT2D eigenvalue weighted by Crippen LogP contribution is -2.19. The predicted octanol–water partition coefficient (Wildman–Crippen LogP) is 3.28. The van der Waals surface area contributed by atoms with Gasteiger partial charge in [0.05, 0.1) is 29.7 Å². The van der Waals surface area contributed by atoms with Crippen molar-refractivity contribution in [1.82, 2.24) is 15.2 Å². The zero-order valence-electron chi connectivity index (χ0n) is 16.5. The topological polar surface area (TPSA) is 155 Å². The number of non-ortho nitro benzene ring substituents is 1. The predicted molar refractivity (Wildman–Crippen MR) is 117 cm³/mol. The molecule has 12 nitrogen and oxygen atoms in total. The van der Waals surface area contributed by atoms with Crippen LogP contribution < -0.4 is 10.2 Å². The van der Waals surface area contributed by atoms with Crippen LogP contribution in [0.25, 0.3) is 0 Å². The van der Waals surface area contributed by atoms with Gasteiger partial charge >= 0.3 is 5.69 Å². The lowest BCUT2D eigenvalue weighted by molar-refractivity contribution is -0.385. The maximum Gasteiger partial charge on any atom is 0.320 e. The Morgan fingerprint density at radius 1 is 1.22 bits per heavy atom. The van der Waals surface area contributed by atoms with Gasteiger partial charge in [-0.2, -0.15) is 10.2 Å². The van der Waals surface area contributed by atoms with Crippen molar-refractivity contribution >= 4 is 39.4 Å². The number of hydrazone groups is 1. The van der Waals surface area contributed by atoms with Gasteiger partial charge in [-0.25, -0.2) is 5.43 Å². The Hall–Kier alpha value is -4.13. The lowest BCUT2D eigenvalue weighted by Gasteiger charge is -2.04. The first kappa shape index (κ1) is 22.6. The number of hydrogen-bond acceptors (Lipinski definition) is 8. The van der Waals surface area contributed by atoms with Gasteiger partial charge in [-0.15, -0.1) is 0 Å². The van der Waals surface area contributed by atoms with E-state index in [0.717, 1.165) is 10.7 Å². The van der Waals surface area contributed by atoms with Crippen LogP contribution >= 0.6 is 15.9 Å². The minimum Gasteiger partial charge on any atom is -0.496 e. The molecular weight excluding hydrogens is 488 g/mol. The molecular formula is C19H15BrN6O6. The molecule has 0 atom stereocenters. The number of hydrogen-bond donors (Lipinski definition) is 1. The first-order valence-corrected chi connectivity index (χ1v) is 9.70. The van der Waals surface area contributed by atoms with E-state index < -0.39 is 27.1 Å². The highest BCUT2D eigenvalue weighted by atomic mass is 79.9. The fraction of sp³-hybridized carbons (Fsp3) is 0.105. The van der Waals surface area contributed by atoms with Crippen LogP contribution in [0.2, 0.25) is 0 Å². The van der Waals surface area contributed by atoms with E-state index in [-0.39, 0.29) is 12.2 Å². The molecule has 0 spiro atoms. The van der Waals surface area contributed by atoms with Crippen LogP contribution in [0.15, 0.2) is 58.2 Å². The Labute approximate surface area is 188 Å². The maximum absolute atomic E-state index is 12.4. The highest BCUT2D eigenvalue weighted by molar-refractivity contribution is 9.10. The number of amides is 1. The number of nitrogens with zero attached hydrogens (tertiary/aromatic N) is 5. The highest BCUT2D eigenvalue weighted by Gasteiger charge is 2.25. The van der Waals surface area contributed by atoms with Crippen molar-refractivity contribution in [2.75, 3.05) is 7.11 Å². The first-order chi connectivity index (χ1) is 15.3. The Bertz CT molecular complexity index is 1210. The summed E-state index contributed by atoms with van der Waals surface area (Å²) in [6, 6.07) is 10.8. The molecule has 0 radical (unpaired) electrons. The standard InChI is InChI=1S/C19H15BrN6O6/c1-32-17-7-4-14(20)8-13(17)9-21-22-19(27)18-16(26(30)31)11-24(23-18)10-12-2-5-15(6-3-12)25(28)29/h2-9,11H,10H2,1H3,(H,22,27)/b21-9-. The summed E-state index contributed by atoms with van der Waals surface area (Å²) in [5, 5.41) is 29.9. The van der Waals surface area contributed by atoms with E-state index in [1.54, 1.807) is 18.2 Å². The van der Waals surface area contributed by atoms with E-state index >= 15 is 0 Å². The number of ether oxygens (including phenoxy) is 1. The van der Waals surface area contributed by atoms with Gasteiger partial charge in [-0.3, -0.25) is 29.7 Å². The zero-order chi connectivity index (χ0) is 23.3. The molecule has 1 aromatic heterocycles. The van der Waals surface area contributed by atoms with E-state index in [2.05, 4.69) is 31.6 Å². The number of methoxy groups -OCH3 is 1. The smallest absolute Gasteiger partial charge is 0.320 e. The monoisotopic (exact) mass is 502 g/mol. The summed E-state index contributed by atoms with van der Waals surface area (Å²) in [6.07, 6.45) is 2.44. The Balaban J connectivity index is 1.77. The number of aromatic nitrogens is 2. The molecule has 0 aliphatic heterocycles. The number of nitro groups is 2.